The summed E-state index contributed by atoms with van der Waals surface area (Å²) in [4.78, 5) is 38.7. The zero-order valence-corrected chi connectivity index (χ0v) is 13.2. The number of anilines is 1. The quantitative estimate of drug-likeness (QED) is 0.682. The maximum absolute atomic E-state index is 12.4. The Labute approximate surface area is 143 Å². The van der Waals surface area contributed by atoms with Gasteiger partial charge in [-0.05, 0) is 29.8 Å². The van der Waals surface area contributed by atoms with Gasteiger partial charge in [0, 0.05) is 5.69 Å². The van der Waals surface area contributed by atoms with E-state index < -0.39 is 17.4 Å². The number of carbonyl (C=O) groups is 2. The minimum absolute atomic E-state index is 0.0565. The van der Waals surface area contributed by atoms with E-state index in [4.69, 9.17) is 5.73 Å². The third-order valence-electron chi connectivity index (χ3n) is 3.68. The van der Waals surface area contributed by atoms with E-state index in [1.54, 1.807) is 24.3 Å². The number of nitrogens with one attached hydrogen (secondary N) is 2. The molecule has 3 rings (SSSR count). The molecule has 124 valence electrons. The second kappa shape index (κ2) is 6.84. The summed E-state index contributed by atoms with van der Waals surface area (Å²) >= 11 is 0. The smallest absolute Gasteiger partial charge is 0.261 e. The molecule has 1 aromatic heterocycles. The molecule has 2 aromatic carbocycles. The van der Waals surface area contributed by atoms with Gasteiger partial charge in [0.1, 0.15) is 5.56 Å². The van der Waals surface area contributed by atoms with E-state index in [9.17, 15) is 14.4 Å². The molecule has 25 heavy (non-hydrogen) atoms. The van der Waals surface area contributed by atoms with E-state index in [0.717, 1.165) is 5.56 Å². The van der Waals surface area contributed by atoms with Crippen molar-refractivity contribution < 1.29 is 9.59 Å². The van der Waals surface area contributed by atoms with Crippen LogP contribution in [-0.2, 0) is 0 Å². The van der Waals surface area contributed by atoms with E-state index >= 15 is 0 Å². The minimum Gasteiger partial charge on any atom is -0.366 e. The van der Waals surface area contributed by atoms with Gasteiger partial charge in [-0.1, -0.05) is 42.5 Å². The molecule has 1 heterocycles. The van der Waals surface area contributed by atoms with Crippen molar-refractivity contribution in [1.29, 1.82) is 0 Å². The number of primary amides is 1. The first-order valence-corrected chi connectivity index (χ1v) is 7.55. The number of hydrogen-bond acceptors (Lipinski definition) is 3. The number of hydrogen-bond donors (Lipinski definition) is 3. The molecular formula is C19H15N3O3. The van der Waals surface area contributed by atoms with Crippen LogP contribution in [-0.4, -0.2) is 16.8 Å². The van der Waals surface area contributed by atoms with Gasteiger partial charge in [0.2, 0.25) is 0 Å². The lowest BCUT2D eigenvalue weighted by Gasteiger charge is -2.09. The lowest BCUT2D eigenvalue weighted by molar-refractivity contribution is 0.100. The normalized spacial score (nSPS) is 10.2. The Balaban J connectivity index is 1.89. The fourth-order valence-corrected chi connectivity index (χ4v) is 2.44. The first-order chi connectivity index (χ1) is 12.1. The van der Waals surface area contributed by atoms with Crippen LogP contribution in [0.5, 0.6) is 0 Å². The maximum atomic E-state index is 12.4. The van der Waals surface area contributed by atoms with Crippen molar-refractivity contribution in [2.45, 2.75) is 0 Å². The number of benzene rings is 2. The Morgan fingerprint density at radius 1 is 0.840 bits per heavy atom. The number of nitrogens with two attached hydrogens (primary N) is 1. The van der Waals surface area contributed by atoms with E-state index in [-0.39, 0.29) is 16.8 Å². The van der Waals surface area contributed by atoms with Crippen LogP contribution in [0.3, 0.4) is 0 Å². The van der Waals surface area contributed by atoms with Crippen molar-refractivity contribution in [2.24, 2.45) is 5.73 Å². The molecule has 0 spiro atoms. The number of para-hydroxylation sites is 1. The molecule has 0 radical (unpaired) electrons. The Morgan fingerprint density at radius 2 is 1.52 bits per heavy atom. The number of pyridine rings is 1. The molecule has 2 amide bonds. The highest BCUT2D eigenvalue weighted by Gasteiger charge is 2.15. The van der Waals surface area contributed by atoms with Crippen LogP contribution in [0.2, 0.25) is 0 Å². The molecule has 6 nitrogen and oxygen atoms in total. The summed E-state index contributed by atoms with van der Waals surface area (Å²) in [7, 11) is 0. The summed E-state index contributed by atoms with van der Waals surface area (Å²) in [6.07, 6.45) is 0. The zero-order valence-electron chi connectivity index (χ0n) is 13.2. The maximum Gasteiger partial charge on any atom is 0.261 e. The second-order valence-electron chi connectivity index (χ2n) is 5.34. The summed E-state index contributed by atoms with van der Waals surface area (Å²) in [5.41, 5.74) is 6.59. The fourth-order valence-electron chi connectivity index (χ4n) is 2.44. The first-order valence-electron chi connectivity index (χ1n) is 7.55. The molecule has 0 aliphatic heterocycles. The number of H-pyrrole nitrogens is 1. The molecule has 0 unspecified atom stereocenters. The molecular weight excluding hydrogens is 318 g/mol. The van der Waals surface area contributed by atoms with E-state index in [2.05, 4.69) is 10.3 Å². The van der Waals surface area contributed by atoms with E-state index in [1.165, 1.54) is 12.1 Å². The highest BCUT2D eigenvalue weighted by Crippen LogP contribution is 2.17. The monoisotopic (exact) mass is 333 g/mol. The third-order valence-corrected chi connectivity index (χ3v) is 3.68. The van der Waals surface area contributed by atoms with Gasteiger partial charge in [0.05, 0.1) is 11.3 Å². The van der Waals surface area contributed by atoms with Gasteiger partial charge in [-0.3, -0.25) is 14.4 Å². The number of rotatable bonds is 4. The van der Waals surface area contributed by atoms with Crippen LogP contribution >= 0.6 is 0 Å². The third kappa shape index (κ3) is 3.48. The van der Waals surface area contributed by atoms with Gasteiger partial charge in [-0.25, -0.2) is 0 Å². The SMILES string of the molecule is NC(=O)c1ccccc1NC(=O)c1ccc(-c2ccccc2)[nH]c1=O. The number of amides is 2. The summed E-state index contributed by atoms with van der Waals surface area (Å²) < 4.78 is 0. The predicted molar refractivity (Wildman–Crippen MR) is 95.4 cm³/mol. The zero-order chi connectivity index (χ0) is 17.8. The van der Waals surface area contributed by atoms with Crippen molar-refractivity contribution in [1.82, 2.24) is 4.98 Å². The van der Waals surface area contributed by atoms with Crippen molar-refractivity contribution in [3.63, 3.8) is 0 Å². The molecule has 0 fully saturated rings. The summed E-state index contributed by atoms with van der Waals surface area (Å²) in [6.45, 7) is 0. The van der Waals surface area contributed by atoms with Gasteiger partial charge < -0.3 is 16.0 Å². The molecule has 0 aliphatic rings. The van der Waals surface area contributed by atoms with Crippen LogP contribution in [0, 0.1) is 0 Å². The minimum atomic E-state index is -0.663. The molecule has 0 aliphatic carbocycles. The van der Waals surface area contributed by atoms with E-state index in [1.807, 2.05) is 30.3 Å². The highest BCUT2D eigenvalue weighted by atomic mass is 16.2. The van der Waals surface area contributed by atoms with E-state index in [0.29, 0.717) is 5.69 Å². The molecule has 3 aromatic rings. The van der Waals surface area contributed by atoms with Crippen molar-refractivity contribution in [3.05, 3.63) is 88.2 Å². The molecule has 4 N–H and O–H groups in total. The lowest BCUT2D eigenvalue weighted by Crippen LogP contribution is -2.24. The van der Waals surface area contributed by atoms with Gasteiger partial charge in [0.25, 0.3) is 17.4 Å². The number of aromatic amines is 1. The Morgan fingerprint density at radius 3 is 2.20 bits per heavy atom. The largest absolute Gasteiger partial charge is 0.366 e. The van der Waals surface area contributed by atoms with Crippen LogP contribution in [0.15, 0.2) is 71.5 Å². The van der Waals surface area contributed by atoms with Crippen LogP contribution in [0.25, 0.3) is 11.3 Å². The molecule has 6 heteroatoms. The van der Waals surface area contributed by atoms with Crippen molar-refractivity contribution >= 4 is 17.5 Å². The molecule has 0 atom stereocenters. The second-order valence-corrected chi connectivity index (χ2v) is 5.34. The van der Waals surface area contributed by atoms with Crippen LogP contribution in [0.1, 0.15) is 20.7 Å². The predicted octanol–water partition coefficient (Wildman–Crippen LogP) is 2.39. The number of carbonyl (C=O) groups excluding carboxylic acids is 2. The molecule has 0 bridgehead atoms. The first kappa shape index (κ1) is 16.2. The van der Waals surface area contributed by atoms with Crippen molar-refractivity contribution in [2.75, 3.05) is 5.32 Å². The molecule has 0 saturated heterocycles. The Kier molecular flexibility index (Phi) is 4.43. The highest BCUT2D eigenvalue weighted by molar-refractivity contribution is 6.08. The van der Waals surface area contributed by atoms with Gasteiger partial charge in [-0.2, -0.15) is 0 Å². The lowest BCUT2D eigenvalue weighted by atomic mass is 10.1. The average Bonchev–Trinajstić information content (AvgIpc) is 2.62. The van der Waals surface area contributed by atoms with Crippen molar-refractivity contribution in [3.8, 4) is 11.3 Å². The average molecular weight is 333 g/mol. The van der Waals surface area contributed by atoms with Gasteiger partial charge in [-0.15, -0.1) is 0 Å². The van der Waals surface area contributed by atoms with Gasteiger partial charge in [0.15, 0.2) is 0 Å². The summed E-state index contributed by atoms with van der Waals surface area (Å²) in [5, 5.41) is 2.55. The van der Waals surface area contributed by atoms with Crippen LogP contribution < -0.4 is 16.6 Å². The topological polar surface area (TPSA) is 105 Å². The van der Waals surface area contributed by atoms with Crippen LogP contribution in [0.4, 0.5) is 5.69 Å². The summed E-state index contributed by atoms with van der Waals surface area (Å²) in [6, 6.07) is 18.7. The summed E-state index contributed by atoms with van der Waals surface area (Å²) in [5.74, 6) is -1.28. The standard InChI is InChI=1S/C19H15N3O3/c20-17(23)13-8-4-5-9-16(13)22-19(25)14-10-11-15(21-18(14)24)12-6-2-1-3-7-12/h1-11H,(H2,20,23)(H,21,24)(H,22,25). The Hall–Kier alpha value is -3.67. The molecule has 0 saturated carbocycles. The Bertz CT molecular complexity index is 994. The van der Waals surface area contributed by atoms with Gasteiger partial charge >= 0.3 is 0 Å². The fraction of sp³-hybridized carbons (Fsp3) is 0. The number of aromatic nitrogens is 1.